The van der Waals surface area contributed by atoms with Crippen LogP contribution in [-0.2, 0) is 11.3 Å². The number of aromatic nitrogens is 2. The molecule has 30 heavy (non-hydrogen) atoms. The topological polar surface area (TPSA) is 84.9 Å². The summed E-state index contributed by atoms with van der Waals surface area (Å²) >= 11 is 0. The lowest BCUT2D eigenvalue weighted by atomic mass is 9.99. The highest BCUT2D eigenvalue weighted by Crippen LogP contribution is 2.35. The van der Waals surface area contributed by atoms with Crippen LogP contribution in [-0.4, -0.2) is 39.4 Å². The molecule has 4 heterocycles. The summed E-state index contributed by atoms with van der Waals surface area (Å²) in [6.07, 6.45) is 6.87. The van der Waals surface area contributed by atoms with Crippen molar-refractivity contribution in [3.05, 3.63) is 42.2 Å². The summed E-state index contributed by atoms with van der Waals surface area (Å²) in [7, 11) is 0. The third-order valence-electron chi connectivity index (χ3n) is 6.20. The number of hydrogen-bond donors (Lipinski definition) is 2. The molecule has 156 valence electrons. The number of nitrogens with zero attached hydrogens (tertiary/aromatic N) is 3. The van der Waals surface area contributed by atoms with Crippen molar-refractivity contribution >= 4 is 22.9 Å². The van der Waals surface area contributed by atoms with Crippen LogP contribution in [0.2, 0.25) is 0 Å². The molecule has 3 N–H and O–H groups in total. The fourth-order valence-corrected chi connectivity index (χ4v) is 4.65. The van der Waals surface area contributed by atoms with Gasteiger partial charge in [0, 0.05) is 30.0 Å². The van der Waals surface area contributed by atoms with Gasteiger partial charge in [0.2, 0.25) is 0 Å². The van der Waals surface area contributed by atoms with Gasteiger partial charge < -0.3 is 20.2 Å². The maximum Gasteiger partial charge on any atom is 0.262 e. The molecule has 2 aromatic heterocycles. The average molecular weight is 406 g/mol. The van der Waals surface area contributed by atoms with E-state index >= 15 is 0 Å². The summed E-state index contributed by atoms with van der Waals surface area (Å²) < 4.78 is 7.63. The van der Waals surface area contributed by atoms with Crippen LogP contribution in [0.1, 0.15) is 38.3 Å². The van der Waals surface area contributed by atoms with Gasteiger partial charge in [0.25, 0.3) is 5.91 Å². The van der Waals surface area contributed by atoms with Crippen molar-refractivity contribution in [3.8, 4) is 17.0 Å². The Morgan fingerprint density at radius 1 is 1.27 bits per heavy atom. The number of ether oxygens (including phenoxy) is 1. The SMILES string of the molecule is CCC1CCCCN1Cc1c(-c2ccc3c(c2)NC(=O)CO3)nc2ccc(N)cn12. The van der Waals surface area contributed by atoms with Crippen LogP contribution in [0, 0.1) is 0 Å². The fourth-order valence-electron chi connectivity index (χ4n) is 4.65. The number of rotatable bonds is 4. The zero-order chi connectivity index (χ0) is 20.7. The van der Waals surface area contributed by atoms with E-state index in [-0.39, 0.29) is 12.5 Å². The highest BCUT2D eigenvalue weighted by atomic mass is 16.5. The van der Waals surface area contributed by atoms with Gasteiger partial charge in [0.05, 0.1) is 17.1 Å². The summed E-state index contributed by atoms with van der Waals surface area (Å²) in [6, 6.07) is 10.3. The van der Waals surface area contributed by atoms with Gasteiger partial charge in [-0.25, -0.2) is 4.98 Å². The zero-order valence-electron chi connectivity index (χ0n) is 17.2. The van der Waals surface area contributed by atoms with Crippen LogP contribution in [0.15, 0.2) is 36.5 Å². The molecule has 7 heteroatoms. The molecule has 2 aliphatic rings. The van der Waals surface area contributed by atoms with Gasteiger partial charge in [0.15, 0.2) is 6.61 Å². The second-order valence-corrected chi connectivity index (χ2v) is 8.17. The maximum absolute atomic E-state index is 11.8. The molecule has 0 saturated carbocycles. The van der Waals surface area contributed by atoms with Crippen molar-refractivity contribution in [3.63, 3.8) is 0 Å². The third kappa shape index (κ3) is 3.39. The molecule has 1 unspecified atom stereocenters. The number of nitrogens with one attached hydrogen (secondary N) is 1. The van der Waals surface area contributed by atoms with Gasteiger partial charge in [-0.05, 0) is 56.1 Å². The number of carbonyl (C=O) groups is 1. The van der Waals surface area contributed by atoms with E-state index in [1.54, 1.807) is 0 Å². The Morgan fingerprint density at radius 3 is 3.03 bits per heavy atom. The van der Waals surface area contributed by atoms with Gasteiger partial charge >= 0.3 is 0 Å². The molecular weight excluding hydrogens is 378 g/mol. The van der Waals surface area contributed by atoms with Crippen molar-refractivity contribution in [2.45, 2.75) is 45.2 Å². The smallest absolute Gasteiger partial charge is 0.262 e. The van der Waals surface area contributed by atoms with E-state index in [1.807, 2.05) is 36.5 Å². The molecule has 0 bridgehead atoms. The molecule has 1 fully saturated rings. The molecule has 1 atom stereocenters. The van der Waals surface area contributed by atoms with Crippen molar-refractivity contribution in [1.82, 2.24) is 14.3 Å². The second-order valence-electron chi connectivity index (χ2n) is 8.17. The molecule has 0 radical (unpaired) electrons. The van der Waals surface area contributed by atoms with Gasteiger partial charge in [-0.1, -0.05) is 13.3 Å². The minimum atomic E-state index is -0.137. The van der Waals surface area contributed by atoms with E-state index in [0.29, 0.717) is 23.2 Å². The lowest BCUT2D eigenvalue weighted by Crippen LogP contribution is -2.38. The van der Waals surface area contributed by atoms with E-state index in [2.05, 4.69) is 21.5 Å². The van der Waals surface area contributed by atoms with Crippen molar-refractivity contribution < 1.29 is 9.53 Å². The Labute approximate surface area is 175 Å². The number of piperidine rings is 1. The molecule has 0 aliphatic carbocycles. The predicted octanol–water partition coefficient (Wildman–Crippen LogP) is 3.68. The fraction of sp³-hybridized carbons (Fsp3) is 0.391. The molecule has 0 spiro atoms. The van der Waals surface area contributed by atoms with Gasteiger partial charge in [-0.2, -0.15) is 0 Å². The Morgan fingerprint density at radius 2 is 2.17 bits per heavy atom. The minimum absolute atomic E-state index is 0.0542. The Hall–Kier alpha value is -3.06. The van der Waals surface area contributed by atoms with Crippen molar-refractivity contribution in [1.29, 1.82) is 0 Å². The van der Waals surface area contributed by atoms with E-state index in [9.17, 15) is 4.79 Å². The van der Waals surface area contributed by atoms with Crippen molar-refractivity contribution in [2.24, 2.45) is 0 Å². The molecule has 1 aromatic carbocycles. The van der Waals surface area contributed by atoms with Gasteiger partial charge in [0.1, 0.15) is 11.4 Å². The number of nitrogen functional groups attached to an aromatic ring is 1. The van der Waals surface area contributed by atoms with Crippen LogP contribution < -0.4 is 15.8 Å². The Bertz CT molecular complexity index is 1110. The molecule has 1 amide bonds. The van der Waals surface area contributed by atoms with Crippen LogP contribution >= 0.6 is 0 Å². The largest absolute Gasteiger partial charge is 0.482 e. The molecule has 1 saturated heterocycles. The van der Waals surface area contributed by atoms with Crippen LogP contribution in [0.3, 0.4) is 0 Å². The number of amides is 1. The number of nitrogens with two attached hydrogens (primary N) is 1. The first-order valence-corrected chi connectivity index (χ1v) is 10.7. The molecule has 3 aromatic rings. The van der Waals surface area contributed by atoms with Crippen LogP contribution in [0.25, 0.3) is 16.9 Å². The standard InChI is InChI=1S/C23H27N5O2/c1-2-17-5-3-4-10-27(17)13-19-23(26-21-9-7-16(24)12-28(19)21)15-6-8-20-18(11-15)25-22(29)14-30-20/h6-9,11-12,17H,2-5,10,13-14,24H2,1H3,(H,25,29). The number of benzene rings is 1. The normalized spacial score (nSPS) is 19.4. The van der Waals surface area contributed by atoms with Crippen LogP contribution in [0.5, 0.6) is 5.75 Å². The van der Waals surface area contributed by atoms with E-state index in [4.69, 9.17) is 15.5 Å². The summed E-state index contributed by atoms with van der Waals surface area (Å²) in [6.45, 7) is 4.24. The monoisotopic (exact) mass is 405 g/mol. The lowest BCUT2D eigenvalue weighted by Gasteiger charge is -2.35. The number of hydrogen-bond acceptors (Lipinski definition) is 5. The summed E-state index contributed by atoms with van der Waals surface area (Å²) in [5, 5.41) is 2.90. The number of carbonyl (C=O) groups excluding carboxylic acids is 1. The summed E-state index contributed by atoms with van der Waals surface area (Å²) in [5.41, 5.74) is 11.4. The van der Waals surface area contributed by atoms with Gasteiger partial charge in [-0.3, -0.25) is 9.69 Å². The van der Waals surface area contributed by atoms with Crippen LogP contribution in [0.4, 0.5) is 11.4 Å². The lowest BCUT2D eigenvalue weighted by molar-refractivity contribution is -0.118. The highest BCUT2D eigenvalue weighted by molar-refractivity contribution is 5.96. The number of imidazole rings is 1. The van der Waals surface area contributed by atoms with E-state index < -0.39 is 0 Å². The zero-order valence-corrected chi connectivity index (χ0v) is 17.2. The summed E-state index contributed by atoms with van der Waals surface area (Å²) in [4.78, 5) is 19.3. The van der Waals surface area contributed by atoms with E-state index in [0.717, 1.165) is 42.1 Å². The number of likely N-dealkylation sites (tertiary alicyclic amines) is 1. The second kappa shape index (κ2) is 7.65. The molecule has 7 nitrogen and oxygen atoms in total. The number of fused-ring (bicyclic) bond motifs is 2. The quantitative estimate of drug-likeness (QED) is 0.692. The van der Waals surface area contributed by atoms with E-state index in [1.165, 1.54) is 19.3 Å². The maximum atomic E-state index is 11.8. The first-order chi connectivity index (χ1) is 14.6. The number of pyridine rings is 1. The molecule has 5 rings (SSSR count). The van der Waals surface area contributed by atoms with Gasteiger partial charge in [-0.15, -0.1) is 0 Å². The Kier molecular flexibility index (Phi) is 4.83. The minimum Gasteiger partial charge on any atom is -0.482 e. The first kappa shape index (κ1) is 18.9. The average Bonchev–Trinajstić information content (AvgIpc) is 3.11. The predicted molar refractivity (Wildman–Crippen MR) is 118 cm³/mol. The molecule has 2 aliphatic heterocycles. The highest BCUT2D eigenvalue weighted by Gasteiger charge is 2.25. The number of anilines is 2. The Balaban J connectivity index is 1.60. The third-order valence-corrected chi connectivity index (χ3v) is 6.20. The first-order valence-electron chi connectivity index (χ1n) is 10.7. The molecular formula is C23H27N5O2. The van der Waals surface area contributed by atoms with Crippen molar-refractivity contribution in [2.75, 3.05) is 24.2 Å². The summed E-state index contributed by atoms with van der Waals surface area (Å²) in [5.74, 6) is 0.553.